The van der Waals surface area contributed by atoms with Gasteiger partial charge in [0.05, 0.1) is 30.1 Å². The number of aromatic nitrogens is 2. The fourth-order valence-electron chi connectivity index (χ4n) is 6.16. The van der Waals surface area contributed by atoms with Crippen LogP contribution in [0.15, 0.2) is 41.2 Å². The van der Waals surface area contributed by atoms with Gasteiger partial charge in [-0.3, -0.25) is 24.0 Å². The maximum Gasteiger partial charge on any atom is 0.326 e. The number of fused-ring (bicyclic) bond motifs is 2. The number of H-pyrrole nitrogens is 1. The van der Waals surface area contributed by atoms with Crippen LogP contribution in [0, 0.1) is 12.3 Å². The molecule has 5 N–H and O–H groups in total. The Kier molecular flexibility index (Phi) is 13.8. The van der Waals surface area contributed by atoms with Crippen molar-refractivity contribution in [2.24, 2.45) is 0 Å². The van der Waals surface area contributed by atoms with Gasteiger partial charge in [-0.05, 0) is 112 Å². The average molecular weight is 792 g/mol. The van der Waals surface area contributed by atoms with E-state index in [1.807, 2.05) is 17.0 Å². The summed E-state index contributed by atoms with van der Waals surface area (Å²) in [5, 5.41) is 23.7. The number of anilines is 1. The molecule has 0 saturated carbocycles. The van der Waals surface area contributed by atoms with E-state index in [2.05, 4.69) is 46.2 Å². The predicted octanol–water partition coefficient (Wildman–Crippen LogP) is 4.09. The van der Waals surface area contributed by atoms with Crippen molar-refractivity contribution < 1.29 is 43.0 Å². The number of amides is 2. The van der Waals surface area contributed by atoms with E-state index in [1.165, 1.54) is 0 Å². The Balaban J connectivity index is 1.50. The summed E-state index contributed by atoms with van der Waals surface area (Å²) in [5.74, 6) is -1.45. The lowest BCUT2D eigenvalue weighted by molar-refractivity contribution is -0.143. The van der Waals surface area contributed by atoms with E-state index in [0.29, 0.717) is 16.7 Å². The Morgan fingerprint density at radius 2 is 1.65 bits per heavy atom. The van der Waals surface area contributed by atoms with Crippen LogP contribution in [0.25, 0.3) is 10.9 Å². The molecule has 17 heteroatoms. The van der Waals surface area contributed by atoms with Crippen molar-refractivity contribution in [3.05, 3.63) is 69.3 Å². The minimum absolute atomic E-state index is 0.152. The molecule has 55 heavy (non-hydrogen) atoms. The molecular weight excluding hydrogens is 743 g/mol. The number of hydrogen-bond donors (Lipinski definition) is 5. The number of aliphatic carboxylic acids is 2. The molecule has 15 nitrogen and oxygen atoms in total. The van der Waals surface area contributed by atoms with Crippen LogP contribution < -0.4 is 21.1 Å². The number of nitrogens with one attached hydrogen (secondary N) is 3. The Hall–Kier alpha value is -5.32. The van der Waals surface area contributed by atoms with Crippen LogP contribution in [0.3, 0.4) is 0 Å². The number of terminal acetylenes is 1. The molecule has 0 fully saturated rings. The summed E-state index contributed by atoms with van der Waals surface area (Å²) < 4.78 is 11.6. The molecule has 4 rings (SSSR count). The second kappa shape index (κ2) is 17.9. The van der Waals surface area contributed by atoms with Gasteiger partial charge in [-0.25, -0.2) is 9.78 Å². The van der Waals surface area contributed by atoms with Gasteiger partial charge in [0.2, 0.25) is 14.2 Å². The van der Waals surface area contributed by atoms with Gasteiger partial charge < -0.3 is 39.6 Å². The number of carboxylic acid groups (broad SMARTS) is 2. The quantitative estimate of drug-likeness (QED) is 0.0910. The number of aryl methyl sites for hydroxylation is 1. The Morgan fingerprint density at radius 1 is 0.982 bits per heavy atom. The summed E-state index contributed by atoms with van der Waals surface area (Å²) in [6, 6.07) is 7.71. The molecule has 3 atom stereocenters. The molecule has 1 unspecified atom stereocenters. The zero-order valence-corrected chi connectivity index (χ0v) is 34.0. The van der Waals surface area contributed by atoms with Gasteiger partial charge in [0.25, 0.3) is 11.5 Å². The zero-order chi connectivity index (χ0) is 40.7. The molecule has 0 aliphatic heterocycles. The van der Waals surface area contributed by atoms with Crippen LogP contribution >= 0.6 is 0 Å². The fraction of sp³-hybridized carbons (Fsp3) is 0.447. The molecule has 0 radical (unpaired) electrons. The minimum Gasteiger partial charge on any atom is -0.518 e. The number of rotatable bonds is 18. The first kappa shape index (κ1) is 42.4. The topological polar surface area (TPSA) is 217 Å². The number of carbonyl (C=O) groups excluding carboxylic acids is 3. The summed E-state index contributed by atoms with van der Waals surface area (Å²) in [6.07, 6.45) is 5.99. The maximum atomic E-state index is 13.5. The minimum atomic E-state index is -2.41. The third-order valence-electron chi connectivity index (χ3n) is 8.74. The molecule has 3 aromatic rings. The fourth-order valence-corrected chi connectivity index (χ4v) is 7.48. The largest absolute Gasteiger partial charge is 0.518 e. The molecular formula is C38H49N5O10Si2. The lowest BCUT2D eigenvalue weighted by Gasteiger charge is -2.30. The van der Waals surface area contributed by atoms with E-state index < -0.39 is 64.9 Å². The summed E-state index contributed by atoms with van der Waals surface area (Å²) in [4.78, 5) is 84.4. The highest BCUT2D eigenvalue weighted by Gasteiger charge is 2.31. The van der Waals surface area contributed by atoms with E-state index in [-0.39, 0.29) is 49.6 Å². The number of carbonyl (C=O) groups is 5. The van der Waals surface area contributed by atoms with Gasteiger partial charge in [-0.2, -0.15) is 0 Å². The molecule has 2 amide bonds. The van der Waals surface area contributed by atoms with Gasteiger partial charge in [0.1, 0.15) is 17.9 Å². The number of hydrogen-bond acceptors (Lipinski definition) is 10. The highest BCUT2D eigenvalue weighted by Crippen LogP contribution is 2.39. The number of benzene rings is 2. The standard InChI is InChI=1S/C38H49N5O10Si2/c1-8-19-43(31-16-11-24-20-30-27(21-26(24)31)36(48)42-32(39-30)22-52-54(2,3)4)25-12-9-23(10-13-25)35(47)41-29(38(51)53-55(5,6)7)14-17-33(44)40-28(37(49)50)15-18-34(45)46/h1,9-10,12-13,20-21,28-29,31H,11,14-19,22H2,2-7H3,(H,40,44)(H,41,47)(H,45,46)(H,49,50)(H,39,42,48)/t28?,29-,31-/m0/s1. The Bertz CT molecular complexity index is 2030. The van der Waals surface area contributed by atoms with Crippen molar-refractivity contribution >= 4 is 62.9 Å². The second-order valence-corrected chi connectivity index (χ2v) is 24.3. The van der Waals surface area contributed by atoms with Crippen LogP contribution in [0.2, 0.25) is 39.3 Å². The van der Waals surface area contributed by atoms with Gasteiger partial charge in [-0.15, -0.1) is 6.42 Å². The van der Waals surface area contributed by atoms with Crippen molar-refractivity contribution in [3.63, 3.8) is 0 Å². The smallest absolute Gasteiger partial charge is 0.326 e. The van der Waals surface area contributed by atoms with Crippen molar-refractivity contribution in [1.82, 2.24) is 20.6 Å². The van der Waals surface area contributed by atoms with Gasteiger partial charge in [0, 0.05) is 24.1 Å². The summed E-state index contributed by atoms with van der Waals surface area (Å²) >= 11 is 0. The van der Waals surface area contributed by atoms with Crippen LogP contribution in [-0.2, 0) is 41.1 Å². The van der Waals surface area contributed by atoms with E-state index in [4.69, 9.17) is 20.4 Å². The van der Waals surface area contributed by atoms with E-state index in [9.17, 15) is 33.9 Å². The van der Waals surface area contributed by atoms with Crippen LogP contribution in [0.1, 0.15) is 65.5 Å². The maximum absolute atomic E-state index is 13.5. The Labute approximate surface area is 321 Å². The normalized spacial score (nSPS) is 15.0. The third kappa shape index (κ3) is 12.1. The first-order valence-electron chi connectivity index (χ1n) is 18.0. The first-order valence-corrected chi connectivity index (χ1v) is 24.8. The third-order valence-corrected chi connectivity index (χ3v) is 10.6. The molecule has 1 heterocycles. The van der Waals surface area contributed by atoms with Gasteiger partial charge >= 0.3 is 17.9 Å². The monoisotopic (exact) mass is 791 g/mol. The van der Waals surface area contributed by atoms with Crippen molar-refractivity contribution in [1.29, 1.82) is 0 Å². The molecule has 0 bridgehead atoms. The molecule has 1 aromatic heterocycles. The van der Waals surface area contributed by atoms with Crippen LogP contribution in [-0.4, -0.2) is 85.2 Å². The van der Waals surface area contributed by atoms with E-state index in [0.717, 1.165) is 29.7 Å². The van der Waals surface area contributed by atoms with Crippen LogP contribution in [0.5, 0.6) is 0 Å². The van der Waals surface area contributed by atoms with Crippen LogP contribution in [0.4, 0.5) is 5.69 Å². The van der Waals surface area contributed by atoms with Gasteiger partial charge in [-0.1, -0.05) is 5.92 Å². The molecule has 0 spiro atoms. The highest BCUT2D eigenvalue weighted by atomic mass is 28.4. The van der Waals surface area contributed by atoms with Crippen molar-refractivity contribution in [2.75, 3.05) is 11.4 Å². The SMILES string of the molecule is C#CCN(c1ccc(C(=O)N[C@@H](CCC(=O)NC(CCC(=O)O)C(=O)O)C(=O)O[Si](C)(C)C)cc1)[C@H]1CCc2cc3nc(CO[Si](C)(C)C)[nH]c(=O)c3cc21. The van der Waals surface area contributed by atoms with E-state index in [1.54, 1.807) is 43.9 Å². The first-order chi connectivity index (χ1) is 25.7. The molecule has 294 valence electrons. The summed E-state index contributed by atoms with van der Waals surface area (Å²) in [5.41, 5.74) is 3.34. The number of carboxylic acids is 2. The predicted molar refractivity (Wildman–Crippen MR) is 211 cm³/mol. The molecule has 1 aliphatic carbocycles. The number of aromatic amines is 1. The second-order valence-electron chi connectivity index (χ2n) is 15.4. The van der Waals surface area contributed by atoms with Gasteiger partial charge in [0.15, 0.2) is 8.32 Å². The molecule has 0 saturated heterocycles. The summed E-state index contributed by atoms with van der Waals surface area (Å²) in [7, 11) is -4.23. The number of nitrogens with zero attached hydrogens (tertiary/aromatic N) is 2. The molecule has 2 aromatic carbocycles. The lowest BCUT2D eigenvalue weighted by Crippen LogP contribution is -2.46. The Morgan fingerprint density at radius 3 is 2.25 bits per heavy atom. The molecule has 1 aliphatic rings. The lowest BCUT2D eigenvalue weighted by atomic mass is 10.0. The average Bonchev–Trinajstić information content (AvgIpc) is 3.50. The zero-order valence-electron chi connectivity index (χ0n) is 32.0. The summed E-state index contributed by atoms with van der Waals surface area (Å²) in [6.45, 7) is 12.1. The highest BCUT2D eigenvalue weighted by molar-refractivity contribution is 6.71. The van der Waals surface area contributed by atoms with Crippen molar-refractivity contribution in [2.45, 2.75) is 103 Å². The van der Waals surface area contributed by atoms with E-state index >= 15 is 0 Å². The van der Waals surface area contributed by atoms with Crippen molar-refractivity contribution in [3.8, 4) is 12.3 Å².